The minimum atomic E-state index is -0.0355. The lowest BCUT2D eigenvalue weighted by Gasteiger charge is -2.22. The van der Waals surface area contributed by atoms with Crippen LogP contribution in [-0.2, 0) is 4.79 Å². The molecule has 0 aromatic carbocycles. The average Bonchev–Trinajstić information content (AvgIpc) is 2.96. The number of nitrogens with one attached hydrogen (secondary N) is 1. The van der Waals surface area contributed by atoms with Gasteiger partial charge >= 0.3 is 0 Å². The molecular weight excluding hydrogens is 210 g/mol. The molecule has 0 radical (unpaired) electrons. The fourth-order valence-electron chi connectivity index (χ4n) is 1.22. The van der Waals surface area contributed by atoms with Gasteiger partial charge in [0.05, 0.1) is 17.6 Å². The summed E-state index contributed by atoms with van der Waals surface area (Å²) in [4.78, 5) is 13.8. The summed E-state index contributed by atoms with van der Waals surface area (Å²) in [7, 11) is 1.85. The molecule has 15 heavy (non-hydrogen) atoms. The van der Waals surface area contributed by atoms with E-state index >= 15 is 0 Å². The smallest absolute Gasteiger partial charge is 0.234 e. The van der Waals surface area contributed by atoms with Crippen molar-refractivity contribution in [3.8, 4) is 0 Å². The molecule has 1 saturated carbocycles. The highest BCUT2D eigenvalue weighted by Gasteiger charge is 2.22. The van der Waals surface area contributed by atoms with Crippen molar-refractivity contribution in [2.75, 3.05) is 20.1 Å². The Balaban J connectivity index is 2.20. The average molecular weight is 229 g/mol. The van der Waals surface area contributed by atoms with E-state index in [1.807, 2.05) is 18.9 Å². The molecule has 3 N–H and O–H groups in total. The van der Waals surface area contributed by atoms with Gasteiger partial charge in [0.15, 0.2) is 0 Å². The first-order valence-corrected chi connectivity index (χ1v) is 5.67. The minimum absolute atomic E-state index is 0.0355. The fraction of sp³-hybridized carbons (Fsp3) is 0.800. The van der Waals surface area contributed by atoms with Crippen LogP contribution in [0.15, 0.2) is 0 Å². The molecule has 0 aromatic heterocycles. The Hall–Kier alpha value is -0.680. The molecule has 1 amide bonds. The van der Waals surface area contributed by atoms with Crippen molar-refractivity contribution in [2.24, 2.45) is 11.7 Å². The van der Waals surface area contributed by atoms with Gasteiger partial charge in [0.25, 0.3) is 0 Å². The highest BCUT2D eigenvalue weighted by molar-refractivity contribution is 7.80. The molecule has 0 spiro atoms. The lowest BCUT2D eigenvalue weighted by atomic mass is 10.3. The first-order chi connectivity index (χ1) is 7.00. The Bertz CT molecular complexity index is 253. The van der Waals surface area contributed by atoms with Crippen molar-refractivity contribution in [2.45, 2.75) is 25.8 Å². The molecule has 1 unspecified atom stereocenters. The molecule has 1 fully saturated rings. The summed E-state index contributed by atoms with van der Waals surface area (Å²) < 4.78 is 0. The zero-order valence-electron chi connectivity index (χ0n) is 9.32. The van der Waals surface area contributed by atoms with E-state index in [1.54, 1.807) is 0 Å². The van der Waals surface area contributed by atoms with Crippen molar-refractivity contribution < 1.29 is 4.79 Å². The summed E-state index contributed by atoms with van der Waals surface area (Å²) in [6.07, 6.45) is 2.50. The first kappa shape index (κ1) is 12.4. The summed E-state index contributed by atoms with van der Waals surface area (Å²) in [5.41, 5.74) is 5.50. The third kappa shape index (κ3) is 4.57. The third-order valence-electron chi connectivity index (χ3n) is 2.75. The van der Waals surface area contributed by atoms with Crippen LogP contribution in [0.4, 0.5) is 0 Å². The number of nitrogens with zero attached hydrogens (tertiary/aromatic N) is 1. The Morgan fingerprint density at radius 2 is 2.27 bits per heavy atom. The van der Waals surface area contributed by atoms with E-state index in [-0.39, 0.29) is 11.9 Å². The second-order valence-electron chi connectivity index (χ2n) is 4.24. The van der Waals surface area contributed by atoms with E-state index in [0.29, 0.717) is 17.5 Å². The zero-order valence-corrected chi connectivity index (χ0v) is 10.1. The first-order valence-electron chi connectivity index (χ1n) is 5.27. The number of rotatable bonds is 6. The predicted octanol–water partition coefficient (Wildman–Crippen LogP) is 0.119. The maximum absolute atomic E-state index is 11.5. The molecule has 1 atom stereocenters. The minimum Gasteiger partial charge on any atom is -0.392 e. The van der Waals surface area contributed by atoms with Gasteiger partial charge in [-0.3, -0.25) is 9.69 Å². The summed E-state index contributed by atoms with van der Waals surface area (Å²) in [5.74, 6) is 0.764. The second kappa shape index (κ2) is 5.42. The van der Waals surface area contributed by atoms with Crippen LogP contribution in [0.3, 0.4) is 0 Å². The number of nitrogens with two attached hydrogens (primary N) is 1. The van der Waals surface area contributed by atoms with Gasteiger partial charge < -0.3 is 11.1 Å². The summed E-state index contributed by atoms with van der Waals surface area (Å²) >= 11 is 4.87. The third-order valence-corrected chi connectivity index (χ3v) is 3.09. The van der Waals surface area contributed by atoms with Crippen molar-refractivity contribution in [3.63, 3.8) is 0 Å². The monoisotopic (exact) mass is 229 g/mol. The molecule has 1 rings (SSSR count). The maximum atomic E-state index is 11.5. The molecule has 1 aliphatic carbocycles. The second-order valence-corrected chi connectivity index (χ2v) is 4.71. The van der Waals surface area contributed by atoms with Gasteiger partial charge in [-0.05, 0) is 32.7 Å². The number of carbonyl (C=O) groups excluding carboxylic acids is 1. The Morgan fingerprint density at radius 3 is 2.73 bits per heavy atom. The van der Waals surface area contributed by atoms with Gasteiger partial charge in [-0.15, -0.1) is 0 Å². The van der Waals surface area contributed by atoms with Crippen LogP contribution in [0.5, 0.6) is 0 Å². The van der Waals surface area contributed by atoms with Crippen LogP contribution < -0.4 is 11.1 Å². The molecule has 0 aliphatic heterocycles. The van der Waals surface area contributed by atoms with Crippen LogP contribution in [0.2, 0.25) is 0 Å². The molecule has 0 heterocycles. The zero-order chi connectivity index (χ0) is 11.4. The van der Waals surface area contributed by atoms with Gasteiger partial charge in [0.2, 0.25) is 5.91 Å². The fourth-order valence-corrected chi connectivity index (χ4v) is 1.40. The van der Waals surface area contributed by atoms with E-state index in [4.69, 9.17) is 18.0 Å². The number of hydrogen-bond donors (Lipinski definition) is 2. The van der Waals surface area contributed by atoms with Crippen molar-refractivity contribution in [1.82, 2.24) is 10.2 Å². The molecule has 5 heteroatoms. The van der Waals surface area contributed by atoms with Crippen LogP contribution >= 0.6 is 12.2 Å². The molecule has 86 valence electrons. The SMILES string of the molecule is CC(C(N)=S)N(C)CC(=O)NCC1CC1. The van der Waals surface area contributed by atoms with E-state index in [1.165, 1.54) is 12.8 Å². The quantitative estimate of drug-likeness (QED) is 0.635. The van der Waals surface area contributed by atoms with Gasteiger partial charge in [-0.25, -0.2) is 0 Å². The standard InChI is InChI=1S/C10H19N3OS/c1-7(10(11)15)13(2)6-9(14)12-5-8-3-4-8/h7-8H,3-6H2,1-2H3,(H2,11,15)(H,12,14). The summed E-state index contributed by atoms with van der Waals surface area (Å²) in [6.45, 7) is 3.07. The molecule has 0 bridgehead atoms. The molecule has 1 aliphatic rings. The van der Waals surface area contributed by atoms with Crippen LogP contribution in [-0.4, -0.2) is 42.0 Å². The highest BCUT2D eigenvalue weighted by Crippen LogP contribution is 2.27. The topological polar surface area (TPSA) is 58.4 Å². The van der Waals surface area contributed by atoms with Crippen molar-refractivity contribution in [1.29, 1.82) is 0 Å². The normalized spacial score (nSPS) is 17.5. The lowest BCUT2D eigenvalue weighted by Crippen LogP contribution is -2.44. The molecule has 0 saturated heterocycles. The number of carbonyl (C=O) groups is 1. The summed E-state index contributed by atoms with van der Waals surface area (Å²) in [6, 6.07) is -0.0355. The van der Waals surface area contributed by atoms with E-state index in [2.05, 4.69) is 5.32 Å². The lowest BCUT2D eigenvalue weighted by molar-refractivity contribution is -0.122. The van der Waals surface area contributed by atoms with Gasteiger partial charge in [-0.1, -0.05) is 12.2 Å². The molecular formula is C10H19N3OS. The van der Waals surface area contributed by atoms with E-state index in [9.17, 15) is 4.79 Å². The van der Waals surface area contributed by atoms with Crippen LogP contribution in [0.25, 0.3) is 0 Å². The summed E-state index contributed by atoms with van der Waals surface area (Å²) in [5, 5.41) is 2.90. The Morgan fingerprint density at radius 1 is 1.67 bits per heavy atom. The van der Waals surface area contributed by atoms with Gasteiger partial charge in [-0.2, -0.15) is 0 Å². The van der Waals surface area contributed by atoms with Gasteiger partial charge in [0.1, 0.15) is 0 Å². The maximum Gasteiger partial charge on any atom is 0.234 e. The molecule has 4 nitrogen and oxygen atoms in total. The molecule has 0 aromatic rings. The predicted molar refractivity (Wildman–Crippen MR) is 64.6 cm³/mol. The van der Waals surface area contributed by atoms with Crippen molar-refractivity contribution >= 4 is 23.1 Å². The van der Waals surface area contributed by atoms with Crippen LogP contribution in [0.1, 0.15) is 19.8 Å². The van der Waals surface area contributed by atoms with Gasteiger partial charge in [0, 0.05) is 6.54 Å². The van der Waals surface area contributed by atoms with Crippen LogP contribution in [0, 0.1) is 5.92 Å². The number of amides is 1. The Kier molecular flexibility index (Phi) is 4.47. The largest absolute Gasteiger partial charge is 0.392 e. The number of hydrogen-bond acceptors (Lipinski definition) is 3. The number of likely N-dealkylation sites (N-methyl/N-ethyl adjacent to an activating group) is 1. The van der Waals surface area contributed by atoms with Crippen molar-refractivity contribution in [3.05, 3.63) is 0 Å². The Labute approximate surface area is 96.2 Å². The van der Waals surface area contributed by atoms with E-state index < -0.39 is 0 Å². The number of thiocarbonyl (C=S) groups is 1. The highest BCUT2D eigenvalue weighted by atomic mass is 32.1. The van der Waals surface area contributed by atoms with E-state index in [0.717, 1.165) is 6.54 Å².